The molecule has 0 aromatic carbocycles. The second-order valence-corrected chi connectivity index (χ2v) is 19.9. The lowest BCUT2D eigenvalue weighted by Crippen LogP contribution is -2.43. The zero-order chi connectivity index (χ0) is 26.4. The average molecular weight is 544 g/mol. The highest BCUT2D eigenvalue weighted by Crippen LogP contribution is 2.38. The molecule has 8 nitrogen and oxygen atoms in total. The predicted molar refractivity (Wildman–Crippen MR) is 151 cm³/mol. The molecular weight excluding hydrogens is 495 g/mol. The van der Waals surface area contributed by atoms with Gasteiger partial charge in [0, 0.05) is 6.20 Å². The number of aromatic nitrogens is 2. The van der Waals surface area contributed by atoms with E-state index in [1.807, 2.05) is 0 Å². The smallest absolute Gasteiger partial charge is 0.351 e. The van der Waals surface area contributed by atoms with Crippen LogP contribution in [-0.4, -0.2) is 63.8 Å². The largest absolute Gasteiger partial charge is 0.421 e. The third-order valence-corrected chi connectivity index (χ3v) is 12.8. The van der Waals surface area contributed by atoms with Crippen LogP contribution in [0.15, 0.2) is 17.1 Å². The normalized spacial score (nSPS) is 24.7. The molecule has 1 aromatic rings. The molecule has 0 bridgehead atoms. The quantitative estimate of drug-likeness (QED) is 0.360. The summed E-state index contributed by atoms with van der Waals surface area (Å²) in [6.07, 6.45) is 3.25. The second kappa shape index (κ2) is 12.6. The standard InChI is InChI=1S/C24H49N3O5Si3/c1-10-22(4,5)33-29-15-16-18(31-34-23(6,7)11-2)19(32-35-24(8,9)12-3)20(30-16)27-14-13-17(25)26-21(27)28/h13-14,16,18-20H,10-12,15,33-35H2,1-9H3,(H2,25,26,28). The fourth-order valence-corrected chi connectivity index (χ4v) is 7.03. The Morgan fingerprint density at radius 1 is 0.943 bits per heavy atom. The lowest BCUT2D eigenvalue weighted by atomic mass is 10.1. The first kappa shape index (κ1) is 30.4. The Bertz CT molecular complexity index is 865. The van der Waals surface area contributed by atoms with Gasteiger partial charge in [-0.1, -0.05) is 81.6 Å². The SMILES string of the molecule is CCC(C)(C)[SiH2]OCC1OC(n2ccc(N)nc2=O)C(O[SiH2]C(C)(C)CC)C1O[SiH2]C(C)(C)CC. The Morgan fingerprint density at radius 2 is 1.46 bits per heavy atom. The summed E-state index contributed by atoms with van der Waals surface area (Å²) in [5.74, 6) is 0.195. The number of nitrogens with two attached hydrogens (primary N) is 1. The van der Waals surface area contributed by atoms with Gasteiger partial charge in [0.05, 0.1) is 6.61 Å². The van der Waals surface area contributed by atoms with Gasteiger partial charge in [0.25, 0.3) is 0 Å². The predicted octanol–water partition coefficient (Wildman–Crippen LogP) is 2.59. The van der Waals surface area contributed by atoms with Crippen molar-refractivity contribution in [1.29, 1.82) is 0 Å². The van der Waals surface area contributed by atoms with Crippen LogP contribution in [0.1, 0.15) is 87.8 Å². The Morgan fingerprint density at radius 3 is 1.97 bits per heavy atom. The van der Waals surface area contributed by atoms with Crippen LogP contribution in [0, 0.1) is 0 Å². The molecule has 11 heteroatoms. The molecule has 1 aromatic heterocycles. The number of nitrogens with zero attached hydrogens (tertiary/aromatic N) is 2. The summed E-state index contributed by atoms with van der Waals surface area (Å²) < 4.78 is 27.7. The molecule has 2 heterocycles. The Kier molecular flexibility index (Phi) is 11.0. The van der Waals surface area contributed by atoms with Gasteiger partial charge in [0.2, 0.25) is 0 Å². The summed E-state index contributed by atoms with van der Waals surface area (Å²) in [5, 5.41) is 0.512. The van der Waals surface area contributed by atoms with E-state index in [2.05, 4.69) is 67.3 Å². The van der Waals surface area contributed by atoms with Gasteiger partial charge in [-0.2, -0.15) is 4.98 Å². The Labute approximate surface area is 218 Å². The van der Waals surface area contributed by atoms with E-state index >= 15 is 0 Å². The van der Waals surface area contributed by atoms with Crippen molar-refractivity contribution in [2.75, 3.05) is 12.3 Å². The molecule has 1 saturated heterocycles. The zero-order valence-corrected chi connectivity index (χ0v) is 27.7. The molecule has 0 radical (unpaired) electrons. The van der Waals surface area contributed by atoms with Gasteiger partial charge in [-0.3, -0.25) is 4.57 Å². The number of ether oxygens (including phenoxy) is 1. The molecule has 2 N–H and O–H groups in total. The van der Waals surface area contributed by atoms with Crippen molar-refractivity contribution < 1.29 is 18.0 Å². The van der Waals surface area contributed by atoms with Crippen LogP contribution in [0.2, 0.25) is 15.1 Å². The first-order chi connectivity index (χ1) is 16.2. The minimum atomic E-state index is -0.940. The van der Waals surface area contributed by atoms with Crippen LogP contribution >= 0.6 is 0 Å². The molecule has 0 aliphatic carbocycles. The van der Waals surface area contributed by atoms with E-state index in [0.717, 1.165) is 19.3 Å². The first-order valence-electron chi connectivity index (χ1n) is 13.1. The molecule has 0 spiro atoms. The van der Waals surface area contributed by atoms with Crippen molar-refractivity contribution in [3.63, 3.8) is 0 Å². The Balaban J connectivity index is 2.37. The van der Waals surface area contributed by atoms with E-state index in [9.17, 15) is 4.79 Å². The second-order valence-electron chi connectivity index (χ2n) is 12.2. The number of hydrogen-bond donors (Lipinski definition) is 1. The van der Waals surface area contributed by atoms with Gasteiger partial charge in [-0.05, 0) is 21.2 Å². The minimum Gasteiger partial charge on any atom is -0.421 e. The van der Waals surface area contributed by atoms with Crippen molar-refractivity contribution in [2.45, 2.75) is 121 Å². The maximum Gasteiger partial charge on any atom is 0.351 e. The maximum atomic E-state index is 12.8. The van der Waals surface area contributed by atoms with E-state index in [-0.39, 0.29) is 39.2 Å². The Hall–Kier alpha value is -0.829. The fourth-order valence-electron chi connectivity index (χ4n) is 3.47. The van der Waals surface area contributed by atoms with E-state index in [1.54, 1.807) is 12.3 Å². The van der Waals surface area contributed by atoms with Crippen molar-refractivity contribution in [2.24, 2.45) is 0 Å². The number of nitrogen functional groups attached to an aromatic ring is 1. The number of rotatable bonds is 14. The molecule has 202 valence electrons. The molecule has 4 atom stereocenters. The minimum absolute atomic E-state index is 0.131. The molecule has 2 rings (SSSR count). The van der Waals surface area contributed by atoms with Crippen LogP contribution in [0.3, 0.4) is 0 Å². The van der Waals surface area contributed by atoms with E-state index in [0.29, 0.717) is 6.61 Å². The van der Waals surface area contributed by atoms with Crippen LogP contribution in [0.25, 0.3) is 0 Å². The van der Waals surface area contributed by atoms with E-state index in [1.165, 1.54) is 4.57 Å². The van der Waals surface area contributed by atoms with Crippen LogP contribution in [0.5, 0.6) is 0 Å². The van der Waals surface area contributed by atoms with Gasteiger partial charge in [-0.15, -0.1) is 0 Å². The summed E-state index contributed by atoms with van der Waals surface area (Å²) >= 11 is 0. The first-order valence-corrected chi connectivity index (χ1v) is 16.9. The third kappa shape index (κ3) is 8.90. The highest BCUT2D eigenvalue weighted by molar-refractivity contribution is 6.33. The van der Waals surface area contributed by atoms with Gasteiger partial charge in [0.1, 0.15) is 24.1 Å². The van der Waals surface area contributed by atoms with Gasteiger partial charge in [0.15, 0.2) is 35.5 Å². The zero-order valence-electron chi connectivity index (χ0n) is 23.4. The van der Waals surface area contributed by atoms with E-state index in [4.69, 9.17) is 23.7 Å². The van der Waals surface area contributed by atoms with Gasteiger partial charge < -0.3 is 23.7 Å². The van der Waals surface area contributed by atoms with Crippen molar-refractivity contribution in [3.05, 3.63) is 22.7 Å². The molecule has 1 aliphatic rings. The number of hydrogen-bond acceptors (Lipinski definition) is 7. The van der Waals surface area contributed by atoms with Crippen molar-refractivity contribution in [3.8, 4) is 0 Å². The lowest BCUT2D eigenvalue weighted by molar-refractivity contribution is -0.0478. The average Bonchev–Trinajstić information content (AvgIpc) is 3.13. The highest BCUT2D eigenvalue weighted by Gasteiger charge is 2.48. The monoisotopic (exact) mass is 543 g/mol. The van der Waals surface area contributed by atoms with Gasteiger partial charge in [-0.25, -0.2) is 4.79 Å². The third-order valence-electron chi connectivity index (χ3n) is 7.39. The summed E-state index contributed by atoms with van der Waals surface area (Å²) in [4.78, 5) is 16.7. The summed E-state index contributed by atoms with van der Waals surface area (Å²) in [7, 11) is -2.60. The molecule has 4 unspecified atom stereocenters. The molecule has 1 aliphatic heterocycles. The van der Waals surface area contributed by atoms with E-state index < -0.39 is 41.2 Å². The van der Waals surface area contributed by atoms with Crippen LogP contribution < -0.4 is 11.4 Å². The van der Waals surface area contributed by atoms with Crippen molar-refractivity contribution >= 4 is 35.1 Å². The number of anilines is 1. The fraction of sp³-hybridized carbons (Fsp3) is 0.833. The summed E-state index contributed by atoms with van der Waals surface area (Å²) in [6, 6.07) is 1.63. The molecular formula is C24H49N3O5Si3. The summed E-state index contributed by atoms with van der Waals surface area (Å²) in [6.45, 7) is 20.6. The molecule has 0 saturated carbocycles. The lowest BCUT2D eigenvalue weighted by Gasteiger charge is -2.32. The highest BCUT2D eigenvalue weighted by atomic mass is 28.2. The van der Waals surface area contributed by atoms with Crippen molar-refractivity contribution in [1.82, 2.24) is 9.55 Å². The molecule has 0 amide bonds. The molecule has 35 heavy (non-hydrogen) atoms. The van der Waals surface area contributed by atoms with Crippen LogP contribution in [0.4, 0.5) is 5.82 Å². The van der Waals surface area contributed by atoms with Crippen LogP contribution in [-0.2, 0) is 18.0 Å². The maximum absolute atomic E-state index is 12.8. The molecule has 1 fully saturated rings. The van der Waals surface area contributed by atoms with Gasteiger partial charge >= 0.3 is 5.69 Å². The summed E-state index contributed by atoms with van der Waals surface area (Å²) in [5.41, 5.74) is 5.32. The topological polar surface area (TPSA) is 97.8 Å².